The van der Waals surface area contributed by atoms with E-state index in [1.807, 2.05) is 32.0 Å². The molecule has 26 heavy (non-hydrogen) atoms. The van der Waals surface area contributed by atoms with E-state index in [4.69, 9.17) is 4.42 Å². The van der Waals surface area contributed by atoms with Crippen LogP contribution in [0.4, 0.5) is 0 Å². The van der Waals surface area contributed by atoms with Crippen molar-refractivity contribution >= 4 is 11.8 Å². The average Bonchev–Trinajstić information content (AvgIpc) is 3.15. The highest BCUT2D eigenvalue weighted by molar-refractivity contribution is 6.35. The van der Waals surface area contributed by atoms with E-state index in [-0.39, 0.29) is 12.1 Å². The zero-order valence-corrected chi connectivity index (χ0v) is 15.2. The first-order valence-corrected chi connectivity index (χ1v) is 8.97. The molecule has 2 heterocycles. The van der Waals surface area contributed by atoms with Gasteiger partial charge in [-0.1, -0.05) is 24.3 Å². The van der Waals surface area contributed by atoms with Gasteiger partial charge in [0.25, 0.3) is 0 Å². The number of hydrogen-bond donors (Lipinski definition) is 2. The molecule has 6 heteroatoms. The summed E-state index contributed by atoms with van der Waals surface area (Å²) in [4.78, 5) is 26.2. The SMILES string of the molecule is CC(C)NC(=O)C(=O)NC[C@@H](c1ccco1)N1CCc2ccccc2C1. The Kier molecular flexibility index (Phi) is 5.73. The van der Waals surface area contributed by atoms with Crippen LogP contribution in [0.3, 0.4) is 0 Å². The smallest absolute Gasteiger partial charge is 0.309 e. The third-order valence-electron chi connectivity index (χ3n) is 4.55. The highest BCUT2D eigenvalue weighted by atomic mass is 16.3. The lowest BCUT2D eigenvalue weighted by atomic mass is 9.98. The Balaban J connectivity index is 1.69. The van der Waals surface area contributed by atoms with E-state index in [1.54, 1.807) is 6.26 Å². The molecule has 138 valence electrons. The summed E-state index contributed by atoms with van der Waals surface area (Å²) in [5.41, 5.74) is 2.65. The molecule has 2 aromatic rings. The Hall–Kier alpha value is -2.60. The molecule has 0 spiro atoms. The van der Waals surface area contributed by atoms with Gasteiger partial charge < -0.3 is 15.1 Å². The van der Waals surface area contributed by atoms with Gasteiger partial charge in [-0.25, -0.2) is 0 Å². The number of benzene rings is 1. The van der Waals surface area contributed by atoms with E-state index in [0.717, 1.165) is 25.3 Å². The van der Waals surface area contributed by atoms with Crippen LogP contribution >= 0.6 is 0 Å². The average molecular weight is 355 g/mol. The Labute approximate surface area is 153 Å². The number of fused-ring (bicyclic) bond motifs is 1. The second-order valence-electron chi connectivity index (χ2n) is 6.86. The second-order valence-corrected chi connectivity index (χ2v) is 6.86. The van der Waals surface area contributed by atoms with Crippen molar-refractivity contribution in [3.63, 3.8) is 0 Å². The van der Waals surface area contributed by atoms with Crippen LogP contribution < -0.4 is 10.6 Å². The normalized spacial score (nSPS) is 15.3. The highest BCUT2D eigenvalue weighted by Crippen LogP contribution is 2.27. The number of nitrogens with zero attached hydrogens (tertiary/aromatic N) is 1. The van der Waals surface area contributed by atoms with Gasteiger partial charge in [0.2, 0.25) is 0 Å². The van der Waals surface area contributed by atoms with E-state index in [9.17, 15) is 9.59 Å². The predicted molar refractivity (Wildman–Crippen MR) is 98.3 cm³/mol. The molecule has 2 N–H and O–H groups in total. The summed E-state index contributed by atoms with van der Waals surface area (Å²) in [5, 5.41) is 5.35. The zero-order valence-electron chi connectivity index (χ0n) is 15.2. The third kappa shape index (κ3) is 4.32. The predicted octanol–water partition coefficient (Wildman–Crippen LogP) is 2.02. The summed E-state index contributed by atoms with van der Waals surface area (Å²) in [5.74, 6) is -0.441. The lowest BCUT2D eigenvalue weighted by molar-refractivity contribution is -0.139. The minimum Gasteiger partial charge on any atom is -0.468 e. The summed E-state index contributed by atoms with van der Waals surface area (Å²) in [6.07, 6.45) is 2.59. The fourth-order valence-corrected chi connectivity index (χ4v) is 3.27. The summed E-state index contributed by atoms with van der Waals surface area (Å²) in [6, 6.07) is 12.0. The van der Waals surface area contributed by atoms with Gasteiger partial charge in [-0.15, -0.1) is 0 Å². The van der Waals surface area contributed by atoms with E-state index >= 15 is 0 Å². The van der Waals surface area contributed by atoms with E-state index in [0.29, 0.717) is 6.54 Å². The molecule has 0 unspecified atom stereocenters. The van der Waals surface area contributed by atoms with Gasteiger partial charge in [-0.2, -0.15) is 0 Å². The minimum atomic E-state index is -0.618. The number of furan rings is 1. The number of hydrogen-bond acceptors (Lipinski definition) is 4. The second kappa shape index (κ2) is 8.19. The Morgan fingerprint density at radius 3 is 2.58 bits per heavy atom. The van der Waals surface area contributed by atoms with Crippen LogP contribution in [-0.4, -0.2) is 35.8 Å². The van der Waals surface area contributed by atoms with E-state index in [1.165, 1.54) is 11.1 Å². The maximum Gasteiger partial charge on any atom is 0.309 e. The van der Waals surface area contributed by atoms with Crippen LogP contribution in [-0.2, 0) is 22.6 Å². The molecule has 1 aromatic carbocycles. The fourth-order valence-electron chi connectivity index (χ4n) is 3.27. The van der Waals surface area contributed by atoms with Crippen LogP contribution in [0, 0.1) is 0 Å². The van der Waals surface area contributed by atoms with Gasteiger partial charge in [0.05, 0.1) is 12.3 Å². The molecule has 1 aliphatic rings. The summed E-state index contributed by atoms with van der Waals surface area (Å²) >= 11 is 0. The standard InChI is InChI=1S/C20H25N3O3/c1-14(2)22-20(25)19(24)21-12-17(18-8-5-11-26-18)23-10-9-15-6-3-4-7-16(15)13-23/h3-8,11,14,17H,9-10,12-13H2,1-2H3,(H,21,24)(H,22,25)/t17-/m0/s1. The summed E-state index contributed by atoms with van der Waals surface area (Å²) in [7, 11) is 0. The van der Waals surface area contributed by atoms with Gasteiger partial charge in [0, 0.05) is 25.7 Å². The highest BCUT2D eigenvalue weighted by Gasteiger charge is 2.27. The lowest BCUT2D eigenvalue weighted by Gasteiger charge is -2.34. The van der Waals surface area contributed by atoms with E-state index in [2.05, 4.69) is 33.7 Å². The molecule has 3 rings (SSSR count). The first-order chi connectivity index (χ1) is 12.5. The van der Waals surface area contributed by atoms with Crippen molar-refractivity contribution in [2.24, 2.45) is 0 Å². The molecule has 0 radical (unpaired) electrons. The maximum absolute atomic E-state index is 12.1. The molecule has 0 saturated heterocycles. The Morgan fingerprint density at radius 1 is 1.12 bits per heavy atom. The number of nitrogens with one attached hydrogen (secondary N) is 2. The topological polar surface area (TPSA) is 74.6 Å². The first-order valence-electron chi connectivity index (χ1n) is 8.97. The largest absolute Gasteiger partial charge is 0.468 e. The van der Waals surface area contributed by atoms with Crippen LogP contribution in [0.1, 0.15) is 36.8 Å². The van der Waals surface area contributed by atoms with Crippen LogP contribution in [0.15, 0.2) is 47.1 Å². The van der Waals surface area contributed by atoms with Crippen molar-refractivity contribution < 1.29 is 14.0 Å². The lowest BCUT2D eigenvalue weighted by Crippen LogP contribution is -2.46. The van der Waals surface area contributed by atoms with Gasteiger partial charge in [-0.05, 0) is 43.5 Å². The molecule has 1 aromatic heterocycles. The van der Waals surface area contributed by atoms with Crippen LogP contribution in [0.5, 0.6) is 0 Å². The number of amides is 2. The molecular formula is C20H25N3O3. The van der Waals surface area contributed by atoms with Gasteiger partial charge in [0.15, 0.2) is 0 Å². The number of rotatable bonds is 5. The minimum absolute atomic E-state index is 0.0762. The molecule has 0 saturated carbocycles. The van der Waals surface area contributed by atoms with Gasteiger partial charge in [0.1, 0.15) is 5.76 Å². The molecule has 6 nitrogen and oxygen atoms in total. The zero-order chi connectivity index (χ0) is 18.5. The van der Waals surface area contributed by atoms with Crippen molar-refractivity contribution in [1.29, 1.82) is 0 Å². The van der Waals surface area contributed by atoms with Crippen molar-refractivity contribution in [1.82, 2.24) is 15.5 Å². The van der Waals surface area contributed by atoms with Crippen molar-refractivity contribution in [2.75, 3.05) is 13.1 Å². The van der Waals surface area contributed by atoms with Crippen molar-refractivity contribution in [3.8, 4) is 0 Å². The summed E-state index contributed by atoms with van der Waals surface area (Å²) in [6.45, 7) is 5.62. The first kappa shape index (κ1) is 18.2. The monoisotopic (exact) mass is 355 g/mol. The quantitative estimate of drug-likeness (QED) is 0.805. The third-order valence-corrected chi connectivity index (χ3v) is 4.55. The van der Waals surface area contributed by atoms with Crippen molar-refractivity contribution in [3.05, 3.63) is 59.5 Å². The molecular weight excluding hydrogens is 330 g/mol. The molecule has 0 aliphatic carbocycles. The number of carbonyl (C=O) groups excluding carboxylic acids is 2. The number of carbonyl (C=O) groups is 2. The van der Waals surface area contributed by atoms with Crippen LogP contribution in [0.25, 0.3) is 0 Å². The molecule has 0 bridgehead atoms. The molecule has 1 atom stereocenters. The van der Waals surface area contributed by atoms with Gasteiger partial charge in [-0.3, -0.25) is 14.5 Å². The van der Waals surface area contributed by atoms with E-state index < -0.39 is 11.8 Å². The maximum atomic E-state index is 12.1. The van der Waals surface area contributed by atoms with Crippen molar-refractivity contribution in [2.45, 2.75) is 38.9 Å². The van der Waals surface area contributed by atoms with Crippen LogP contribution in [0.2, 0.25) is 0 Å². The molecule has 0 fully saturated rings. The Bertz CT molecular complexity index is 755. The molecule has 2 amide bonds. The summed E-state index contributed by atoms with van der Waals surface area (Å²) < 4.78 is 5.60. The Morgan fingerprint density at radius 2 is 1.88 bits per heavy atom. The van der Waals surface area contributed by atoms with Gasteiger partial charge >= 0.3 is 11.8 Å². The molecule has 1 aliphatic heterocycles. The fraction of sp³-hybridized carbons (Fsp3) is 0.400.